The number of nitrogens with one attached hydrogen (secondary N) is 1. The molecule has 1 atom stereocenters. The number of aryl methyl sites for hydroxylation is 2. The molecule has 172 valence electrons. The molecule has 9 nitrogen and oxygen atoms in total. The molecule has 1 unspecified atom stereocenters. The highest BCUT2D eigenvalue weighted by Gasteiger charge is 2.18. The SMILES string of the molecule is Cc1ccc(Nc2cc3ncn(-c4ccc(C(C)O)c(-n5nc(Cl)cc5C)n4)c3cc2F)nn1. The van der Waals surface area contributed by atoms with E-state index < -0.39 is 11.9 Å². The van der Waals surface area contributed by atoms with Gasteiger partial charge in [-0.1, -0.05) is 11.6 Å². The van der Waals surface area contributed by atoms with Gasteiger partial charge >= 0.3 is 0 Å². The Hall–Kier alpha value is -3.89. The number of hydrogen-bond donors (Lipinski definition) is 2. The maximum Gasteiger partial charge on any atom is 0.161 e. The Morgan fingerprint density at radius 2 is 1.91 bits per heavy atom. The second kappa shape index (κ2) is 8.47. The molecule has 11 heteroatoms. The lowest BCUT2D eigenvalue weighted by atomic mass is 10.1. The quantitative estimate of drug-likeness (QED) is 0.380. The van der Waals surface area contributed by atoms with Gasteiger partial charge in [0.2, 0.25) is 0 Å². The Bertz CT molecular complexity index is 1510. The minimum atomic E-state index is -0.783. The summed E-state index contributed by atoms with van der Waals surface area (Å²) in [4.78, 5) is 9.13. The van der Waals surface area contributed by atoms with Crippen molar-refractivity contribution < 1.29 is 9.50 Å². The largest absolute Gasteiger partial charge is 0.389 e. The summed E-state index contributed by atoms with van der Waals surface area (Å²) in [5.41, 5.74) is 3.42. The van der Waals surface area contributed by atoms with E-state index in [1.165, 1.54) is 6.07 Å². The van der Waals surface area contributed by atoms with E-state index in [1.807, 2.05) is 13.8 Å². The van der Waals surface area contributed by atoms with Gasteiger partial charge in [-0.3, -0.25) is 4.57 Å². The third-order valence-electron chi connectivity index (χ3n) is 5.34. The average molecular weight is 479 g/mol. The van der Waals surface area contributed by atoms with Gasteiger partial charge in [0.05, 0.1) is 28.5 Å². The molecular weight excluding hydrogens is 459 g/mol. The lowest BCUT2D eigenvalue weighted by Gasteiger charge is -2.15. The zero-order valence-electron chi connectivity index (χ0n) is 18.5. The van der Waals surface area contributed by atoms with Crippen LogP contribution in [0.4, 0.5) is 15.9 Å². The van der Waals surface area contributed by atoms with Crippen molar-refractivity contribution >= 4 is 34.1 Å². The van der Waals surface area contributed by atoms with Crippen LogP contribution in [-0.4, -0.2) is 39.6 Å². The number of nitrogens with zero attached hydrogens (tertiary/aromatic N) is 7. The number of halogens is 2. The number of rotatable bonds is 5. The van der Waals surface area contributed by atoms with Crippen molar-refractivity contribution in [2.75, 3.05) is 5.32 Å². The van der Waals surface area contributed by atoms with Crippen LogP contribution < -0.4 is 5.32 Å². The molecule has 34 heavy (non-hydrogen) atoms. The van der Waals surface area contributed by atoms with Crippen LogP contribution in [0.15, 0.2) is 48.8 Å². The molecule has 2 N–H and O–H groups in total. The van der Waals surface area contributed by atoms with E-state index in [9.17, 15) is 9.50 Å². The van der Waals surface area contributed by atoms with Crippen molar-refractivity contribution in [3.8, 4) is 11.6 Å². The van der Waals surface area contributed by atoms with E-state index in [0.29, 0.717) is 39.2 Å². The number of anilines is 2. The molecule has 0 fully saturated rings. The van der Waals surface area contributed by atoms with Crippen LogP contribution >= 0.6 is 11.6 Å². The highest BCUT2D eigenvalue weighted by molar-refractivity contribution is 6.29. The molecule has 0 saturated heterocycles. The van der Waals surface area contributed by atoms with E-state index in [-0.39, 0.29) is 5.69 Å². The summed E-state index contributed by atoms with van der Waals surface area (Å²) in [7, 11) is 0. The number of hydrogen-bond acceptors (Lipinski definition) is 7. The lowest BCUT2D eigenvalue weighted by Crippen LogP contribution is -2.10. The van der Waals surface area contributed by atoms with E-state index in [4.69, 9.17) is 16.6 Å². The number of fused-ring (bicyclic) bond motifs is 1. The van der Waals surface area contributed by atoms with Crippen LogP contribution in [0.5, 0.6) is 0 Å². The normalized spacial score (nSPS) is 12.3. The third kappa shape index (κ3) is 3.97. The van der Waals surface area contributed by atoms with Crippen molar-refractivity contribution in [2.24, 2.45) is 0 Å². The van der Waals surface area contributed by atoms with E-state index in [1.54, 1.807) is 58.9 Å². The van der Waals surface area contributed by atoms with Crippen molar-refractivity contribution in [3.63, 3.8) is 0 Å². The molecule has 4 aromatic heterocycles. The monoisotopic (exact) mass is 478 g/mol. The van der Waals surface area contributed by atoms with Gasteiger partial charge in [0.1, 0.15) is 18.0 Å². The average Bonchev–Trinajstić information content (AvgIpc) is 3.36. The van der Waals surface area contributed by atoms with Gasteiger partial charge in [-0.15, -0.1) is 5.10 Å². The fourth-order valence-corrected chi connectivity index (χ4v) is 3.88. The maximum atomic E-state index is 15.0. The van der Waals surface area contributed by atoms with Crippen LogP contribution in [0, 0.1) is 19.7 Å². The fraction of sp³-hybridized carbons (Fsp3) is 0.174. The Kier molecular flexibility index (Phi) is 5.46. The molecule has 0 spiro atoms. The molecule has 5 aromatic rings. The Labute approximate surface area is 198 Å². The Balaban J connectivity index is 1.58. The van der Waals surface area contributed by atoms with Crippen LogP contribution in [0.1, 0.15) is 30.0 Å². The summed E-state index contributed by atoms with van der Waals surface area (Å²) in [5.74, 6) is 0.858. The smallest absolute Gasteiger partial charge is 0.161 e. The lowest BCUT2D eigenvalue weighted by molar-refractivity contribution is 0.198. The van der Waals surface area contributed by atoms with Gasteiger partial charge in [-0.05, 0) is 57.2 Å². The molecule has 4 heterocycles. The number of aromatic nitrogens is 7. The van der Waals surface area contributed by atoms with Crippen molar-refractivity contribution in [2.45, 2.75) is 26.9 Å². The zero-order valence-corrected chi connectivity index (χ0v) is 19.3. The van der Waals surface area contributed by atoms with E-state index >= 15 is 0 Å². The topological polar surface area (TPSA) is 107 Å². The molecule has 0 aliphatic carbocycles. The van der Waals surface area contributed by atoms with Crippen LogP contribution in [0.3, 0.4) is 0 Å². The van der Waals surface area contributed by atoms with Crippen LogP contribution in [0.25, 0.3) is 22.7 Å². The van der Waals surface area contributed by atoms with Gasteiger partial charge in [0.15, 0.2) is 16.8 Å². The van der Waals surface area contributed by atoms with E-state index in [2.05, 4.69) is 25.6 Å². The molecule has 0 aliphatic rings. The Morgan fingerprint density at radius 3 is 2.59 bits per heavy atom. The van der Waals surface area contributed by atoms with Gasteiger partial charge in [0, 0.05) is 17.3 Å². The zero-order chi connectivity index (χ0) is 24.0. The second-order valence-electron chi connectivity index (χ2n) is 7.90. The van der Waals surface area contributed by atoms with Gasteiger partial charge in [-0.2, -0.15) is 10.2 Å². The van der Waals surface area contributed by atoms with Crippen LogP contribution in [0.2, 0.25) is 5.15 Å². The highest BCUT2D eigenvalue weighted by atomic mass is 35.5. The summed E-state index contributed by atoms with van der Waals surface area (Å²) < 4.78 is 18.2. The van der Waals surface area contributed by atoms with E-state index in [0.717, 1.165) is 11.4 Å². The van der Waals surface area contributed by atoms with Crippen LogP contribution in [-0.2, 0) is 0 Å². The number of aliphatic hydroxyl groups is 1. The molecule has 0 saturated carbocycles. The van der Waals surface area contributed by atoms with Gasteiger partial charge in [-0.25, -0.2) is 19.0 Å². The predicted octanol–water partition coefficient (Wildman–Crippen LogP) is 4.60. The molecule has 1 aromatic carbocycles. The Morgan fingerprint density at radius 1 is 1.09 bits per heavy atom. The molecule has 5 rings (SSSR count). The summed E-state index contributed by atoms with van der Waals surface area (Å²) in [6, 6.07) is 11.7. The summed E-state index contributed by atoms with van der Waals surface area (Å²) >= 11 is 6.07. The summed E-state index contributed by atoms with van der Waals surface area (Å²) in [6.07, 6.45) is 0.783. The second-order valence-corrected chi connectivity index (χ2v) is 8.29. The number of pyridine rings is 1. The molecule has 0 bridgehead atoms. The first-order valence-corrected chi connectivity index (χ1v) is 10.8. The molecule has 0 radical (unpaired) electrons. The minimum absolute atomic E-state index is 0.232. The molecule has 0 aliphatic heterocycles. The first kappa shape index (κ1) is 21.9. The number of imidazole rings is 1. The standard InChI is InChI=1S/C23H20ClFN8O/c1-12-4-6-21(30-29-12)27-17-10-18-19(9-16(17)25)32(11-26-18)22-7-5-15(14(3)34)23(28-22)33-13(2)8-20(24)31-33/h4-11,14,34H,1-3H3,(H,27,30). The first-order chi connectivity index (χ1) is 16.3. The number of aliphatic hydroxyl groups excluding tert-OH is 1. The van der Waals surface area contributed by atoms with Gasteiger partial charge in [0.25, 0.3) is 0 Å². The fourth-order valence-electron chi connectivity index (χ4n) is 3.64. The predicted molar refractivity (Wildman–Crippen MR) is 126 cm³/mol. The third-order valence-corrected chi connectivity index (χ3v) is 5.53. The van der Waals surface area contributed by atoms with Gasteiger partial charge < -0.3 is 10.4 Å². The molecular formula is C23H20ClFN8O. The molecule has 0 amide bonds. The first-order valence-electron chi connectivity index (χ1n) is 10.5. The maximum absolute atomic E-state index is 15.0. The number of benzene rings is 1. The summed E-state index contributed by atoms with van der Waals surface area (Å²) in [5, 5.41) is 25.8. The van der Waals surface area contributed by atoms with Crippen molar-refractivity contribution in [1.82, 2.24) is 34.5 Å². The minimum Gasteiger partial charge on any atom is -0.389 e. The highest BCUT2D eigenvalue weighted by Crippen LogP contribution is 2.28. The van der Waals surface area contributed by atoms with Crippen molar-refractivity contribution in [3.05, 3.63) is 76.7 Å². The summed E-state index contributed by atoms with van der Waals surface area (Å²) in [6.45, 7) is 5.31. The van der Waals surface area contributed by atoms with Crippen molar-refractivity contribution in [1.29, 1.82) is 0 Å².